The minimum atomic E-state index is 0.591. The largest absolute Gasteiger partial charge is 0.495 e. The van der Waals surface area contributed by atoms with Gasteiger partial charge in [-0.1, -0.05) is 335 Å². The van der Waals surface area contributed by atoms with E-state index in [0.717, 1.165) is 144 Å². The highest BCUT2D eigenvalue weighted by molar-refractivity contribution is 6.29. The fraction of sp³-hybridized carbons (Fsp3) is 0.0430. The lowest BCUT2D eigenvalue weighted by molar-refractivity contribution is 0.418. The second-order valence-corrected chi connectivity index (χ2v) is 24.5. The zero-order valence-corrected chi connectivity index (χ0v) is 53.2. The molecule has 0 saturated heterocycles. The average molecular weight is 1210 g/mol. The average Bonchev–Trinajstić information content (AvgIpc) is 0.701. The maximum Gasteiger partial charge on any atom is 0.135 e. The Kier molecular flexibility index (Phi) is 15.1. The van der Waals surface area contributed by atoms with Crippen molar-refractivity contribution in [3.8, 4) is 134 Å². The number of benzene rings is 16. The molecule has 0 N–H and O–H groups in total. The van der Waals surface area contributed by atoms with Crippen molar-refractivity contribution < 1.29 is 4.74 Å². The highest BCUT2D eigenvalue weighted by Gasteiger charge is 2.37. The van der Waals surface area contributed by atoms with E-state index in [1.165, 1.54) is 37.9 Å². The molecule has 0 unspecified atom stereocenters. The van der Waals surface area contributed by atoms with Gasteiger partial charge in [-0.15, -0.1) is 0 Å². The number of hydrogen-bond donors (Lipinski definition) is 0. The fourth-order valence-corrected chi connectivity index (χ4v) is 15.5. The van der Waals surface area contributed by atoms with Crippen molar-refractivity contribution >= 4 is 43.1 Å². The summed E-state index contributed by atoms with van der Waals surface area (Å²) in [5.74, 6) is 0.782. The Balaban J connectivity index is 1.20. The molecular weight excluding hydrogens is 1150 g/mol. The normalized spacial score (nSPS) is 11.3. The molecule has 16 aromatic rings. The van der Waals surface area contributed by atoms with Crippen LogP contribution in [0.15, 0.2) is 328 Å². The molecule has 0 radical (unpaired) electrons. The molecule has 0 bridgehead atoms. The zero-order valence-electron chi connectivity index (χ0n) is 53.2. The minimum absolute atomic E-state index is 0.591. The Hall–Kier alpha value is -12.2. The number of nitrogens with zero attached hydrogens (tertiary/aromatic N) is 1. The third-order valence-electron chi connectivity index (χ3n) is 19.4. The molecular formula is C93H65NO. The molecule has 448 valence electrons. The van der Waals surface area contributed by atoms with Crippen LogP contribution in [-0.4, -0.2) is 7.11 Å². The molecule has 0 aliphatic rings. The first-order valence-electron chi connectivity index (χ1n) is 32.8. The maximum atomic E-state index is 12.7. The van der Waals surface area contributed by atoms with Gasteiger partial charge in [0.15, 0.2) is 0 Å². The van der Waals surface area contributed by atoms with Gasteiger partial charge in [-0.3, -0.25) is 0 Å². The summed E-state index contributed by atoms with van der Waals surface area (Å²) in [6.45, 7) is 4.65. The van der Waals surface area contributed by atoms with Crippen molar-refractivity contribution in [2.75, 3.05) is 7.11 Å². The van der Waals surface area contributed by atoms with Crippen LogP contribution in [0.5, 0.6) is 5.75 Å². The third-order valence-corrected chi connectivity index (χ3v) is 19.4. The Morgan fingerprint density at radius 1 is 0.274 bits per heavy atom. The van der Waals surface area contributed by atoms with Crippen molar-refractivity contribution in [3.05, 3.63) is 344 Å². The van der Waals surface area contributed by atoms with Crippen LogP contribution >= 0.6 is 0 Å². The van der Waals surface area contributed by atoms with Crippen LogP contribution in [0.2, 0.25) is 0 Å². The van der Waals surface area contributed by atoms with E-state index in [1.54, 1.807) is 0 Å². The highest BCUT2D eigenvalue weighted by Crippen LogP contribution is 2.62. The lowest BCUT2D eigenvalue weighted by Crippen LogP contribution is -2.09. The molecule has 0 aliphatic heterocycles. The number of fused-ring (bicyclic) bond motifs is 7. The molecule has 0 heterocycles. The molecule has 16 aromatic carbocycles. The van der Waals surface area contributed by atoms with E-state index in [-0.39, 0.29) is 0 Å². The Bertz CT molecular complexity index is 5610. The monoisotopic (exact) mass is 1210 g/mol. The van der Waals surface area contributed by atoms with Gasteiger partial charge in [0.05, 0.1) is 12.7 Å². The molecule has 0 spiro atoms. The van der Waals surface area contributed by atoms with E-state index in [9.17, 15) is 5.26 Å². The molecule has 0 fully saturated rings. The number of ether oxygens (including phenoxy) is 1. The predicted molar refractivity (Wildman–Crippen MR) is 402 cm³/mol. The van der Waals surface area contributed by atoms with Crippen LogP contribution in [0, 0.1) is 18.3 Å². The van der Waals surface area contributed by atoms with Gasteiger partial charge in [0.2, 0.25) is 0 Å². The van der Waals surface area contributed by atoms with E-state index in [1.807, 2.05) is 7.11 Å². The topological polar surface area (TPSA) is 33.0 Å². The summed E-state index contributed by atoms with van der Waals surface area (Å²) in [5.41, 5.74) is 25.2. The summed E-state index contributed by atoms with van der Waals surface area (Å²) in [6.07, 6.45) is 0.602. The van der Waals surface area contributed by atoms with Gasteiger partial charge < -0.3 is 4.74 Å². The Labute approximate surface area is 555 Å². The van der Waals surface area contributed by atoms with E-state index < -0.39 is 0 Å². The summed E-state index contributed by atoms with van der Waals surface area (Å²) >= 11 is 0. The summed E-state index contributed by atoms with van der Waals surface area (Å²) in [6, 6.07) is 122. The molecule has 2 heteroatoms. The first-order chi connectivity index (χ1) is 47.0. The second kappa shape index (κ2) is 24.8. The quantitative estimate of drug-likeness (QED) is 0.108. The molecule has 0 aliphatic carbocycles. The SMILES string of the molecule is CCc1c(-c2ccccc2)c(OC)c(-c2ccccc2)c(-c2ccc(-c3cccc4c5ccccc5c5ccccc5c34)c(C)c2-c2ccccc2)c1-c1c(-c2ccccc2)c(-c2cccc3ccccc23)c(C#N)c(-c2ccccc2)c1-c1ccccc1-c1ccccc1. The number of hydrogen-bond acceptors (Lipinski definition) is 2. The first-order valence-corrected chi connectivity index (χ1v) is 32.8. The van der Waals surface area contributed by atoms with Crippen LogP contribution in [0.1, 0.15) is 23.6 Å². The molecule has 2 nitrogen and oxygen atoms in total. The van der Waals surface area contributed by atoms with E-state index in [0.29, 0.717) is 12.0 Å². The van der Waals surface area contributed by atoms with Gasteiger partial charge >= 0.3 is 0 Å². The molecule has 95 heavy (non-hydrogen) atoms. The van der Waals surface area contributed by atoms with E-state index in [2.05, 4.69) is 348 Å². The van der Waals surface area contributed by atoms with Gasteiger partial charge in [-0.05, 0) is 162 Å². The van der Waals surface area contributed by atoms with Gasteiger partial charge in [-0.25, -0.2) is 0 Å². The molecule has 16 rings (SSSR count). The predicted octanol–water partition coefficient (Wildman–Crippen LogP) is 25.4. The maximum absolute atomic E-state index is 12.7. The van der Waals surface area contributed by atoms with Gasteiger partial charge in [0, 0.05) is 27.8 Å². The lowest BCUT2D eigenvalue weighted by atomic mass is 9.70. The van der Waals surface area contributed by atoms with Crippen LogP contribution in [0.25, 0.3) is 165 Å². The van der Waals surface area contributed by atoms with E-state index >= 15 is 0 Å². The smallest absolute Gasteiger partial charge is 0.135 e. The number of nitriles is 1. The molecule has 0 saturated carbocycles. The van der Waals surface area contributed by atoms with Crippen molar-refractivity contribution in [1.82, 2.24) is 0 Å². The Morgan fingerprint density at radius 2 is 0.663 bits per heavy atom. The van der Waals surface area contributed by atoms with Gasteiger partial charge in [0.1, 0.15) is 11.8 Å². The standard InChI is InChI=1S/C93H65NO/c1-4-68-84(65-40-17-8-18-41-65)93(95-3)86(67-44-21-10-22-45-67)91(80-58-57-69(60(2)82(80)63-36-13-6-14-37-63)75-55-32-56-79-74-50-27-26-49-72(74)73-51-28-30-53-78(73)87(75)79)89(68)92-85(66-42-19-9-20-43-66)88(76-54-31-46-62-35-23-24-47-70(62)76)81(59-94)83(64-38-15-7-16-39-64)90(92)77-52-29-25-48-71(77)61-33-11-5-12-34-61/h5-58H,4H2,1-3H3. The summed E-state index contributed by atoms with van der Waals surface area (Å²) < 4.78 is 7.21. The highest BCUT2D eigenvalue weighted by atomic mass is 16.5. The molecule has 0 atom stereocenters. The lowest BCUT2D eigenvalue weighted by Gasteiger charge is -2.33. The van der Waals surface area contributed by atoms with Crippen LogP contribution < -0.4 is 4.74 Å². The number of methoxy groups -OCH3 is 1. The molecule has 0 amide bonds. The van der Waals surface area contributed by atoms with Gasteiger partial charge in [0.25, 0.3) is 0 Å². The minimum Gasteiger partial charge on any atom is -0.495 e. The van der Waals surface area contributed by atoms with Gasteiger partial charge in [-0.2, -0.15) is 5.26 Å². The second-order valence-electron chi connectivity index (χ2n) is 24.5. The Morgan fingerprint density at radius 3 is 1.22 bits per heavy atom. The van der Waals surface area contributed by atoms with Crippen molar-refractivity contribution in [2.45, 2.75) is 20.3 Å². The summed E-state index contributed by atoms with van der Waals surface area (Å²) in [5, 5.41) is 22.2. The fourth-order valence-electron chi connectivity index (χ4n) is 15.5. The van der Waals surface area contributed by atoms with Crippen molar-refractivity contribution in [1.29, 1.82) is 5.26 Å². The summed E-state index contributed by atoms with van der Waals surface area (Å²) in [7, 11) is 1.85. The van der Waals surface area contributed by atoms with Crippen LogP contribution in [-0.2, 0) is 6.42 Å². The zero-order chi connectivity index (χ0) is 63.9. The van der Waals surface area contributed by atoms with Crippen LogP contribution in [0.4, 0.5) is 0 Å². The van der Waals surface area contributed by atoms with Crippen molar-refractivity contribution in [2.24, 2.45) is 0 Å². The van der Waals surface area contributed by atoms with Crippen LogP contribution in [0.3, 0.4) is 0 Å². The third kappa shape index (κ3) is 9.79. The first kappa shape index (κ1) is 58.0. The van der Waals surface area contributed by atoms with Crippen molar-refractivity contribution in [3.63, 3.8) is 0 Å². The van der Waals surface area contributed by atoms with E-state index in [4.69, 9.17) is 4.74 Å². The number of rotatable bonds is 13. The molecule has 0 aromatic heterocycles. The summed E-state index contributed by atoms with van der Waals surface area (Å²) in [4.78, 5) is 0.